The molecule has 7 heteroatoms. The average Bonchev–Trinajstić information content (AvgIpc) is 3.59. The molecule has 168 valence electrons. The predicted octanol–water partition coefficient (Wildman–Crippen LogP) is 1.96. The second kappa shape index (κ2) is 8.67. The zero-order chi connectivity index (χ0) is 22.8. The number of amides is 3. The van der Waals surface area contributed by atoms with Gasteiger partial charge in [0.05, 0.1) is 11.6 Å². The molecular formula is C26H26N4O3. The molecule has 0 bridgehead atoms. The smallest absolute Gasteiger partial charge is 0.309 e. The Morgan fingerprint density at radius 1 is 0.879 bits per heavy atom. The lowest BCUT2D eigenvalue weighted by atomic mass is 9.96. The maximum atomic E-state index is 13.3. The Bertz CT molecular complexity index is 1230. The van der Waals surface area contributed by atoms with Crippen LogP contribution in [-0.4, -0.2) is 36.9 Å². The number of rotatable bonds is 6. The van der Waals surface area contributed by atoms with E-state index in [1.165, 1.54) is 0 Å². The molecule has 1 heterocycles. The molecule has 1 saturated heterocycles. The summed E-state index contributed by atoms with van der Waals surface area (Å²) in [5, 5.41) is 13.9. The monoisotopic (exact) mass is 442 g/mol. The maximum absolute atomic E-state index is 13.3. The van der Waals surface area contributed by atoms with Gasteiger partial charge in [-0.05, 0) is 40.8 Å². The van der Waals surface area contributed by atoms with Crippen LogP contribution in [0, 0.1) is 0 Å². The van der Waals surface area contributed by atoms with Crippen LogP contribution in [0.1, 0.15) is 34.3 Å². The first-order valence-corrected chi connectivity index (χ1v) is 11.2. The zero-order valence-corrected chi connectivity index (χ0v) is 18.2. The van der Waals surface area contributed by atoms with Crippen molar-refractivity contribution in [1.29, 1.82) is 0 Å². The second-order valence-corrected chi connectivity index (χ2v) is 8.73. The Morgan fingerprint density at radius 2 is 1.61 bits per heavy atom. The molecule has 0 unspecified atom stereocenters. The van der Waals surface area contributed by atoms with E-state index < -0.39 is 11.8 Å². The molecule has 5 rings (SSSR count). The normalized spacial score (nSPS) is 16.5. The molecule has 2 aliphatic rings. The first kappa shape index (κ1) is 21.2. The molecule has 1 aliphatic heterocycles. The Labute approximate surface area is 191 Å². The van der Waals surface area contributed by atoms with Crippen molar-refractivity contribution < 1.29 is 14.4 Å². The molecule has 1 aliphatic carbocycles. The molecule has 3 aromatic rings. The fourth-order valence-electron chi connectivity index (χ4n) is 4.31. The highest BCUT2D eigenvalue weighted by atomic mass is 16.2. The maximum Gasteiger partial charge on any atom is 0.309 e. The van der Waals surface area contributed by atoms with Crippen molar-refractivity contribution in [3.63, 3.8) is 0 Å². The molecule has 3 amide bonds. The number of carbonyl (C=O) groups is 3. The molecule has 3 aromatic carbocycles. The second-order valence-electron chi connectivity index (χ2n) is 8.73. The van der Waals surface area contributed by atoms with Gasteiger partial charge in [-0.25, -0.2) is 0 Å². The summed E-state index contributed by atoms with van der Waals surface area (Å²) < 4.78 is 0. The molecule has 0 aromatic heterocycles. The number of hydrogen-bond acceptors (Lipinski definition) is 4. The van der Waals surface area contributed by atoms with Gasteiger partial charge < -0.3 is 21.3 Å². The van der Waals surface area contributed by atoms with E-state index >= 15 is 0 Å². The number of carbonyl (C=O) groups excluding carboxylic acids is 3. The van der Waals surface area contributed by atoms with Crippen molar-refractivity contribution in [1.82, 2.24) is 21.3 Å². The zero-order valence-electron chi connectivity index (χ0n) is 18.2. The third kappa shape index (κ3) is 4.32. The van der Waals surface area contributed by atoms with Gasteiger partial charge in [0, 0.05) is 25.2 Å². The molecule has 0 atom stereocenters. The number of fused-ring (bicyclic) bond motifs is 1. The van der Waals surface area contributed by atoms with Crippen LogP contribution < -0.4 is 21.3 Å². The lowest BCUT2D eigenvalue weighted by Crippen LogP contribution is -2.59. The van der Waals surface area contributed by atoms with Gasteiger partial charge >= 0.3 is 11.8 Å². The van der Waals surface area contributed by atoms with Crippen molar-refractivity contribution in [2.45, 2.75) is 31.0 Å². The van der Waals surface area contributed by atoms with Crippen LogP contribution in [0.2, 0.25) is 0 Å². The van der Waals surface area contributed by atoms with Crippen molar-refractivity contribution in [2.75, 3.05) is 13.1 Å². The van der Waals surface area contributed by atoms with Crippen LogP contribution in [-0.2, 0) is 21.7 Å². The van der Waals surface area contributed by atoms with Crippen LogP contribution >= 0.6 is 0 Å². The van der Waals surface area contributed by atoms with Gasteiger partial charge in [0.2, 0.25) is 0 Å². The number of hydrogen-bond donors (Lipinski definition) is 4. The third-order valence-corrected chi connectivity index (χ3v) is 6.43. The molecule has 0 spiro atoms. The fourth-order valence-corrected chi connectivity index (χ4v) is 4.31. The molecular weight excluding hydrogens is 416 g/mol. The minimum absolute atomic E-state index is 0.00915. The van der Waals surface area contributed by atoms with E-state index in [0.29, 0.717) is 24.2 Å². The van der Waals surface area contributed by atoms with E-state index in [1.54, 1.807) is 18.2 Å². The Kier molecular flexibility index (Phi) is 5.56. The van der Waals surface area contributed by atoms with Crippen LogP contribution in [0.4, 0.5) is 0 Å². The lowest BCUT2D eigenvalue weighted by molar-refractivity contribution is -0.139. The van der Waals surface area contributed by atoms with Crippen LogP contribution in [0.3, 0.4) is 0 Å². The SMILES string of the molecule is O=C(NCc1ccccc1C(=O)NC1(c2cccc3ccccc23)CC1)C(=O)NC1CNC1. The van der Waals surface area contributed by atoms with Crippen molar-refractivity contribution in [3.05, 3.63) is 83.4 Å². The molecule has 4 N–H and O–H groups in total. The standard InChI is InChI=1S/C26H26N4O3/c31-23(30-26(12-13-26)22-11-5-8-17-6-1-3-9-20(17)22)21-10-4-2-7-18(21)14-28-24(32)25(33)29-19-15-27-16-19/h1-11,19,27H,12-16H2,(H,28,32)(H,29,33)(H,30,31). The summed E-state index contributed by atoms with van der Waals surface area (Å²) >= 11 is 0. The van der Waals surface area contributed by atoms with E-state index in [0.717, 1.165) is 29.2 Å². The van der Waals surface area contributed by atoms with Gasteiger partial charge in [-0.3, -0.25) is 14.4 Å². The third-order valence-electron chi connectivity index (χ3n) is 6.43. The van der Waals surface area contributed by atoms with Gasteiger partial charge in [0.15, 0.2) is 0 Å². The summed E-state index contributed by atoms with van der Waals surface area (Å²) in [7, 11) is 0. The number of nitrogens with one attached hydrogen (secondary N) is 4. The first-order chi connectivity index (χ1) is 16.1. The summed E-state index contributed by atoms with van der Waals surface area (Å²) in [5.41, 5.74) is 1.90. The van der Waals surface area contributed by atoms with Crippen LogP contribution in [0.15, 0.2) is 66.7 Å². The summed E-state index contributed by atoms with van der Waals surface area (Å²) in [6.07, 6.45) is 1.75. The van der Waals surface area contributed by atoms with Crippen molar-refractivity contribution in [3.8, 4) is 0 Å². The summed E-state index contributed by atoms with van der Waals surface area (Å²) in [4.78, 5) is 37.5. The minimum Gasteiger partial charge on any atom is -0.344 e. The van der Waals surface area contributed by atoms with Crippen LogP contribution in [0.25, 0.3) is 10.8 Å². The van der Waals surface area contributed by atoms with Gasteiger partial charge in [0.25, 0.3) is 5.91 Å². The quantitative estimate of drug-likeness (QED) is 0.439. The Balaban J connectivity index is 1.29. The first-order valence-electron chi connectivity index (χ1n) is 11.2. The van der Waals surface area contributed by atoms with E-state index in [9.17, 15) is 14.4 Å². The van der Waals surface area contributed by atoms with Gasteiger partial charge in [-0.2, -0.15) is 0 Å². The Morgan fingerprint density at radius 3 is 2.36 bits per heavy atom. The van der Waals surface area contributed by atoms with Crippen LogP contribution in [0.5, 0.6) is 0 Å². The Hall–Kier alpha value is -3.71. The summed E-state index contributed by atoms with van der Waals surface area (Å²) in [6, 6.07) is 21.5. The van der Waals surface area contributed by atoms with E-state index in [4.69, 9.17) is 0 Å². The van der Waals surface area contributed by atoms with Crippen molar-refractivity contribution >= 4 is 28.5 Å². The minimum atomic E-state index is -0.702. The van der Waals surface area contributed by atoms with E-state index in [-0.39, 0.29) is 24.0 Å². The molecule has 1 saturated carbocycles. The molecule has 0 radical (unpaired) electrons. The molecule has 2 fully saturated rings. The fraction of sp³-hybridized carbons (Fsp3) is 0.269. The summed E-state index contributed by atoms with van der Waals surface area (Å²) in [6.45, 7) is 1.43. The van der Waals surface area contributed by atoms with Gasteiger partial charge in [-0.1, -0.05) is 60.7 Å². The number of benzene rings is 3. The lowest BCUT2D eigenvalue weighted by Gasteiger charge is -2.27. The van der Waals surface area contributed by atoms with E-state index in [1.807, 2.05) is 24.3 Å². The topological polar surface area (TPSA) is 99.3 Å². The van der Waals surface area contributed by atoms with E-state index in [2.05, 4.69) is 45.5 Å². The molecule has 33 heavy (non-hydrogen) atoms. The van der Waals surface area contributed by atoms with Gasteiger partial charge in [0.1, 0.15) is 0 Å². The average molecular weight is 443 g/mol. The highest BCUT2D eigenvalue weighted by molar-refractivity contribution is 6.35. The largest absolute Gasteiger partial charge is 0.344 e. The highest BCUT2D eigenvalue weighted by Gasteiger charge is 2.46. The van der Waals surface area contributed by atoms with Gasteiger partial charge in [-0.15, -0.1) is 0 Å². The molecule has 7 nitrogen and oxygen atoms in total. The van der Waals surface area contributed by atoms with Crippen molar-refractivity contribution in [2.24, 2.45) is 0 Å². The predicted molar refractivity (Wildman–Crippen MR) is 125 cm³/mol. The summed E-state index contributed by atoms with van der Waals surface area (Å²) in [5.74, 6) is -1.54. The highest BCUT2D eigenvalue weighted by Crippen LogP contribution is 2.48.